The zero-order valence-corrected chi connectivity index (χ0v) is 10.4. The minimum atomic E-state index is -6.39. The third kappa shape index (κ3) is 2.98. The summed E-state index contributed by atoms with van der Waals surface area (Å²) >= 11 is 0. The number of ether oxygens (including phenoxy) is 1. The van der Waals surface area contributed by atoms with E-state index in [0.29, 0.717) is 0 Å². The summed E-state index contributed by atoms with van der Waals surface area (Å²) in [6, 6.07) is 0. The van der Waals surface area contributed by atoms with Gasteiger partial charge >= 0.3 is 24.2 Å². The Bertz CT molecular complexity index is 575. The maximum absolute atomic E-state index is 13.2. The maximum atomic E-state index is 13.2. The molecule has 0 fully saturated rings. The highest BCUT2D eigenvalue weighted by Gasteiger charge is 2.64. The summed E-state index contributed by atoms with van der Waals surface area (Å²) in [7, 11) is 0.849. The van der Waals surface area contributed by atoms with Gasteiger partial charge in [0, 0.05) is 7.11 Å². The lowest BCUT2D eigenvalue weighted by Crippen LogP contribution is -2.36. The van der Waals surface area contributed by atoms with Gasteiger partial charge in [-0.15, -0.1) is 0 Å². The van der Waals surface area contributed by atoms with Gasteiger partial charge in [-0.3, -0.25) is 0 Å². The van der Waals surface area contributed by atoms with Crippen LogP contribution in [-0.2, 0) is 23.6 Å². The van der Waals surface area contributed by atoms with E-state index in [0.717, 1.165) is 7.11 Å². The molecule has 0 spiro atoms. The van der Waals surface area contributed by atoms with Crippen LogP contribution in [0.25, 0.3) is 0 Å². The van der Waals surface area contributed by atoms with Crippen molar-refractivity contribution in [2.75, 3.05) is 7.11 Å². The predicted molar refractivity (Wildman–Crippen MR) is 51.1 cm³/mol. The lowest BCUT2D eigenvalue weighted by atomic mass is 10.1. The molecule has 22 heavy (non-hydrogen) atoms. The quantitative estimate of drug-likeness (QED) is 0.855. The van der Waals surface area contributed by atoms with Crippen LogP contribution < -0.4 is 0 Å². The van der Waals surface area contributed by atoms with Crippen molar-refractivity contribution in [1.29, 1.82) is 0 Å². The fourth-order valence-corrected chi connectivity index (χ4v) is 1.52. The van der Waals surface area contributed by atoms with E-state index in [9.17, 15) is 39.9 Å². The van der Waals surface area contributed by atoms with Gasteiger partial charge < -0.3 is 9.84 Å². The lowest BCUT2D eigenvalue weighted by Gasteiger charge is -2.19. The van der Waals surface area contributed by atoms with Gasteiger partial charge in [-0.1, -0.05) is 0 Å². The predicted octanol–water partition coefficient (Wildman–Crippen LogP) is 2.86. The highest BCUT2D eigenvalue weighted by atomic mass is 19.4. The summed E-state index contributed by atoms with van der Waals surface area (Å²) in [5.41, 5.74) is -7.31. The standard InChI is InChI=1S/C9H6F8N2O3/c1-22-2-19-4(6(20)21)3(8(12,13)14)5(18-19)7(10,11)9(15,16)17/h2H2,1H3,(H,20,21). The molecule has 1 aromatic heterocycles. The van der Waals surface area contributed by atoms with Gasteiger partial charge in [0.05, 0.1) is 0 Å². The van der Waals surface area contributed by atoms with E-state index in [1.807, 2.05) is 0 Å². The van der Waals surface area contributed by atoms with Crippen LogP contribution in [0.3, 0.4) is 0 Å². The maximum Gasteiger partial charge on any atom is 0.459 e. The normalized spacial score (nSPS) is 13.5. The molecule has 1 heterocycles. The van der Waals surface area contributed by atoms with Crippen LogP contribution in [0.2, 0.25) is 0 Å². The number of carboxylic acids is 1. The number of alkyl halides is 8. The zero-order valence-electron chi connectivity index (χ0n) is 10.4. The van der Waals surface area contributed by atoms with Crippen LogP contribution in [0.4, 0.5) is 35.1 Å². The number of rotatable bonds is 4. The topological polar surface area (TPSA) is 64.4 Å². The molecular weight excluding hydrogens is 336 g/mol. The molecule has 0 saturated carbocycles. The molecule has 0 aliphatic heterocycles. The van der Waals surface area contributed by atoms with Crippen LogP contribution in [0.5, 0.6) is 0 Å². The van der Waals surface area contributed by atoms with Crippen molar-refractivity contribution in [3.63, 3.8) is 0 Å². The molecule has 1 N–H and O–H groups in total. The van der Waals surface area contributed by atoms with Crippen LogP contribution in [0, 0.1) is 0 Å². The first-order chi connectivity index (χ1) is 9.75. The number of hydrogen-bond acceptors (Lipinski definition) is 3. The first kappa shape index (κ1) is 18.1. The van der Waals surface area contributed by atoms with Crippen LogP contribution >= 0.6 is 0 Å². The van der Waals surface area contributed by atoms with E-state index in [1.54, 1.807) is 0 Å². The van der Waals surface area contributed by atoms with Crippen molar-refractivity contribution >= 4 is 5.97 Å². The fourth-order valence-electron chi connectivity index (χ4n) is 1.52. The third-order valence-electron chi connectivity index (χ3n) is 2.34. The monoisotopic (exact) mass is 342 g/mol. The number of nitrogens with zero attached hydrogens (tertiary/aromatic N) is 2. The van der Waals surface area contributed by atoms with Gasteiger partial charge in [0.25, 0.3) is 0 Å². The molecule has 0 aliphatic carbocycles. The molecule has 5 nitrogen and oxygen atoms in total. The van der Waals surface area contributed by atoms with Gasteiger partial charge in [-0.2, -0.15) is 40.2 Å². The van der Waals surface area contributed by atoms with Crippen molar-refractivity contribution in [3.05, 3.63) is 17.0 Å². The van der Waals surface area contributed by atoms with Crippen molar-refractivity contribution < 1.29 is 49.8 Å². The zero-order chi connectivity index (χ0) is 17.5. The van der Waals surface area contributed by atoms with E-state index in [-0.39, 0.29) is 4.68 Å². The van der Waals surface area contributed by atoms with Gasteiger partial charge in [-0.25, -0.2) is 9.48 Å². The third-order valence-corrected chi connectivity index (χ3v) is 2.34. The van der Waals surface area contributed by atoms with E-state index < -0.39 is 47.9 Å². The molecule has 126 valence electrons. The molecule has 0 atom stereocenters. The molecule has 0 aromatic carbocycles. The number of carboxylic acid groups (broad SMARTS) is 1. The number of hydrogen-bond donors (Lipinski definition) is 1. The lowest BCUT2D eigenvalue weighted by molar-refractivity contribution is -0.292. The van der Waals surface area contributed by atoms with Crippen molar-refractivity contribution in [2.24, 2.45) is 0 Å². The van der Waals surface area contributed by atoms with Gasteiger partial charge in [0.15, 0.2) is 11.4 Å². The minimum Gasteiger partial charge on any atom is -0.477 e. The Kier molecular flexibility index (Phi) is 4.43. The number of aromatic carboxylic acids is 1. The van der Waals surface area contributed by atoms with Crippen LogP contribution in [0.1, 0.15) is 21.7 Å². The van der Waals surface area contributed by atoms with E-state index in [2.05, 4.69) is 9.84 Å². The molecule has 0 bridgehead atoms. The van der Waals surface area contributed by atoms with Crippen LogP contribution in [0.15, 0.2) is 0 Å². The SMILES string of the molecule is COCn1nc(C(F)(F)C(F)(F)F)c(C(F)(F)F)c1C(=O)O. The molecule has 13 heteroatoms. The average molecular weight is 342 g/mol. The summed E-state index contributed by atoms with van der Waals surface area (Å²) < 4.78 is 106. The summed E-state index contributed by atoms with van der Waals surface area (Å²) in [5, 5.41) is 11.1. The Hall–Kier alpha value is -1.92. The molecule has 1 aromatic rings. The Balaban J connectivity index is 3.79. The molecule has 0 aliphatic rings. The summed E-state index contributed by atoms with van der Waals surface area (Å²) in [6.07, 6.45) is -12.2. The van der Waals surface area contributed by atoms with Crippen LogP contribution in [-0.4, -0.2) is 34.1 Å². The second-order valence-electron chi connectivity index (χ2n) is 3.86. The van der Waals surface area contributed by atoms with Gasteiger partial charge in [0.2, 0.25) is 0 Å². The van der Waals surface area contributed by atoms with Crippen molar-refractivity contribution in [2.45, 2.75) is 25.0 Å². The number of carbonyl (C=O) groups is 1. The summed E-state index contributed by atoms with van der Waals surface area (Å²) in [5.74, 6) is -8.39. The summed E-state index contributed by atoms with van der Waals surface area (Å²) in [4.78, 5) is 10.8. The Labute approximate surface area is 116 Å². The molecule has 0 unspecified atom stereocenters. The Morgan fingerprint density at radius 2 is 1.68 bits per heavy atom. The number of aromatic nitrogens is 2. The number of halogens is 8. The smallest absolute Gasteiger partial charge is 0.459 e. The van der Waals surface area contributed by atoms with E-state index in [4.69, 9.17) is 5.11 Å². The van der Waals surface area contributed by atoms with E-state index >= 15 is 0 Å². The highest BCUT2D eigenvalue weighted by molar-refractivity contribution is 5.88. The van der Waals surface area contributed by atoms with Gasteiger partial charge in [-0.05, 0) is 0 Å². The molecule has 0 radical (unpaired) electrons. The molecule has 0 saturated heterocycles. The Morgan fingerprint density at radius 1 is 1.18 bits per heavy atom. The minimum absolute atomic E-state index is 0.236. The molecule has 0 amide bonds. The highest BCUT2D eigenvalue weighted by Crippen LogP contribution is 2.48. The average Bonchev–Trinajstić information content (AvgIpc) is 2.67. The first-order valence-corrected chi connectivity index (χ1v) is 5.10. The molecular formula is C9H6F8N2O3. The molecule has 1 rings (SSSR count). The van der Waals surface area contributed by atoms with Gasteiger partial charge in [0.1, 0.15) is 12.3 Å². The Morgan fingerprint density at radius 3 is 2.00 bits per heavy atom. The first-order valence-electron chi connectivity index (χ1n) is 5.10. The van der Waals surface area contributed by atoms with Crippen molar-refractivity contribution in [3.8, 4) is 0 Å². The number of methoxy groups -OCH3 is 1. The fraction of sp³-hybridized carbons (Fsp3) is 0.556. The largest absolute Gasteiger partial charge is 0.477 e. The second kappa shape index (κ2) is 5.37. The van der Waals surface area contributed by atoms with E-state index in [1.165, 1.54) is 0 Å². The second-order valence-corrected chi connectivity index (χ2v) is 3.86. The van der Waals surface area contributed by atoms with Crippen molar-refractivity contribution in [1.82, 2.24) is 9.78 Å². The summed E-state index contributed by atoms with van der Waals surface area (Å²) in [6.45, 7) is -1.07.